The molecule has 6 heteroatoms. The molecule has 126 valence electrons. The Morgan fingerprint density at radius 3 is 2.28 bits per heavy atom. The Kier molecular flexibility index (Phi) is 4.35. The number of pyridine rings is 2. The minimum atomic E-state index is -1.25. The molecule has 3 rings (SSSR count). The Balaban J connectivity index is 2.34. The van der Waals surface area contributed by atoms with Crippen LogP contribution in [-0.2, 0) is 7.05 Å². The molecule has 3 aromatic rings. The second-order valence-electron chi connectivity index (χ2n) is 5.45. The van der Waals surface area contributed by atoms with Gasteiger partial charge in [0.1, 0.15) is 11.3 Å². The SMILES string of the molecule is COc1ccc(-c2cc(C(=O)O)c(=O)n(C)c2-c2ccncc2)cc1. The highest BCUT2D eigenvalue weighted by Crippen LogP contribution is 2.32. The van der Waals surface area contributed by atoms with Gasteiger partial charge in [-0.3, -0.25) is 9.78 Å². The molecule has 6 nitrogen and oxygen atoms in total. The zero-order valence-corrected chi connectivity index (χ0v) is 13.8. The van der Waals surface area contributed by atoms with Gasteiger partial charge in [-0.25, -0.2) is 4.79 Å². The summed E-state index contributed by atoms with van der Waals surface area (Å²) in [6, 6.07) is 12.2. The Morgan fingerprint density at radius 2 is 1.72 bits per heavy atom. The summed E-state index contributed by atoms with van der Waals surface area (Å²) in [5.74, 6) is -0.561. The van der Waals surface area contributed by atoms with E-state index in [1.54, 1.807) is 50.8 Å². The van der Waals surface area contributed by atoms with Gasteiger partial charge < -0.3 is 14.4 Å². The van der Waals surface area contributed by atoms with Crippen LogP contribution >= 0.6 is 0 Å². The van der Waals surface area contributed by atoms with Crippen molar-refractivity contribution in [2.45, 2.75) is 0 Å². The number of rotatable bonds is 4. The lowest BCUT2D eigenvalue weighted by atomic mass is 9.97. The average molecular weight is 336 g/mol. The summed E-state index contributed by atoms with van der Waals surface area (Å²) >= 11 is 0. The first kappa shape index (κ1) is 16.4. The predicted molar refractivity (Wildman–Crippen MR) is 93.9 cm³/mol. The van der Waals surface area contributed by atoms with Crippen LogP contribution in [0.3, 0.4) is 0 Å². The molecule has 0 saturated carbocycles. The van der Waals surface area contributed by atoms with Gasteiger partial charge >= 0.3 is 5.97 Å². The van der Waals surface area contributed by atoms with Gasteiger partial charge in [0.15, 0.2) is 0 Å². The minimum Gasteiger partial charge on any atom is -0.497 e. The summed E-state index contributed by atoms with van der Waals surface area (Å²) in [5.41, 5.74) is 2.00. The first-order valence-electron chi connectivity index (χ1n) is 7.55. The van der Waals surface area contributed by atoms with E-state index >= 15 is 0 Å². The largest absolute Gasteiger partial charge is 0.497 e. The second kappa shape index (κ2) is 6.60. The number of benzene rings is 1. The number of methoxy groups -OCH3 is 1. The van der Waals surface area contributed by atoms with E-state index in [1.165, 1.54) is 10.6 Å². The van der Waals surface area contributed by atoms with Crippen LogP contribution in [0.1, 0.15) is 10.4 Å². The zero-order chi connectivity index (χ0) is 18.0. The van der Waals surface area contributed by atoms with Crippen molar-refractivity contribution in [1.82, 2.24) is 9.55 Å². The van der Waals surface area contributed by atoms with Crippen LogP contribution in [-0.4, -0.2) is 27.7 Å². The maximum Gasteiger partial charge on any atom is 0.341 e. The van der Waals surface area contributed by atoms with Crippen molar-refractivity contribution in [3.05, 3.63) is 70.8 Å². The molecule has 1 N–H and O–H groups in total. The highest BCUT2D eigenvalue weighted by Gasteiger charge is 2.19. The Hall–Kier alpha value is -3.41. The van der Waals surface area contributed by atoms with E-state index in [2.05, 4.69) is 4.98 Å². The van der Waals surface area contributed by atoms with Crippen LogP contribution in [0.15, 0.2) is 59.7 Å². The van der Waals surface area contributed by atoms with Crippen molar-refractivity contribution in [3.8, 4) is 28.1 Å². The van der Waals surface area contributed by atoms with Crippen molar-refractivity contribution in [1.29, 1.82) is 0 Å². The molecular formula is C19H16N2O4. The summed E-state index contributed by atoms with van der Waals surface area (Å²) in [4.78, 5) is 27.9. The lowest BCUT2D eigenvalue weighted by molar-refractivity contribution is 0.0694. The van der Waals surface area contributed by atoms with Crippen molar-refractivity contribution >= 4 is 5.97 Å². The van der Waals surface area contributed by atoms with Gasteiger partial charge in [0.25, 0.3) is 5.56 Å². The Morgan fingerprint density at radius 1 is 1.08 bits per heavy atom. The molecule has 1 aromatic carbocycles. The molecule has 0 fully saturated rings. The maximum absolute atomic E-state index is 12.4. The molecular weight excluding hydrogens is 320 g/mol. The van der Waals surface area contributed by atoms with E-state index < -0.39 is 11.5 Å². The monoisotopic (exact) mass is 336 g/mol. The molecule has 0 unspecified atom stereocenters. The number of ether oxygens (including phenoxy) is 1. The molecule has 0 bridgehead atoms. The number of hydrogen-bond donors (Lipinski definition) is 1. The van der Waals surface area contributed by atoms with Crippen LogP contribution < -0.4 is 10.3 Å². The number of carboxylic acid groups (broad SMARTS) is 1. The summed E-state index contributed by atoms with van der Waals surface area (Å²) in [6.45, 7) is 0. The summed E-state index contributed by atoms with van der Waals surface area (Å²) in [5, 5.41) is 9.36. The van der Waals surface area contributed by atoms with E-state index in [4.69, 9.17) is 4.74 Å². The lowest BCUT2D eigenvalue weighted by Gasteiger charge is -2.16. The van der Waals surface area contributed by atoms with Crippen LogP contribution in [0.4, 0.5) is 0 Å². The van der Waals surface area contributed by atoms with Gasteiger partial charge in [0.2, 0.25) is 0 Å². The number of nitrogens with zero attached hydrogens (tertiary/aromatic N) is 2. The first-order valence-corrected chi connectivity index (χ1v) is 7.55. The molecule has 0 radical (unpaired) electrons. The van der Waals surface area contributed by atoms with Gasteiger partial charge in [-0.15, -0.1) is 0 Å². The molecule has 2 aromatic heterocycles. The Bertz CT molecular complexity index is 977. The normalized spacial score (nSPS) is 10.5. The average Bonchev–Trinajstić information content (AvgIpc) is 2.64. The number of carbonyl (C=O) groups is 1. The third-order valence-electron chi connectivity index (χ3n) is 4.00. The molecule has 2 heterocycles. The molecule has 0 amide bonds. The fourth-order valence-corrected chi connectivity index (χ4v) is 2.74. The van der Waals surface area contributed by atoms with Crippen LogP contribution in [0.5, 0.6) is 5.75 Å². The Labute approximate surface area is 144 Å². The van der Waals surface area contributed by atoms with Gasteiger partial charge in [0.05, 0.1) is 12.8 Å². The van der Waals surface area contributed by atoms with E-state index in [-0.39, 0.29) is 5.56 Å². The fourth-order valence-electron chi connectivity index (χ4n) is 2.74. The topological polar surface area (TPSA) is 81.4 Å². The van der Waals surface area contributed by atoms with Crippen molar-refractivity contribution in [3.63, 3.8) is 0 Å². The number of aromatic nitrogens is 2. The van der Waals surface area contributed by atoms with Gasteiger partial charge in [-0.05, 0) is 35.9 Å². The highest BCUT2D eigenvalue weighted by atomic mass is 16.5. The summed E-state index contributed by atoms with van der Waals surface area (Å²) < 4.78 is 6.53. The van der Waals surface area contributed by atoms with E-state index in [9.17, 15) is 14.7 Å². The van der Waals surface area contributed by atoms with Gasteiger partial charge in [-0.2, -0.15) is 0 Å². The zero-order valence-electron chi connectivity index (χ0n) is 13.8. The van der Waals surface area contributed by atoms with Crippen LogP contribution in [0.2, 0.25) is 0 Å². The third-order valence-corrected chi connectivity index (χ3v) is 4.00. The predicted octanol–water partition coefficient (Wildman–Crippen LogP) is 2.82. The smallest absolute Gasteiger partial charge is 0.341 e. The molecule has 0 saturated heterocycles. The molecule has 0 aliphatic rings. The van der Waals surface area contributed by atoms with Crippen molar-refractivity contribution < 1.29 is 14.6 Å². The minimum absolute atomic E-state index is 0.272. The number of hydrogen-bond acceptors (Lipinski definition) is 4. The van der Waals surface area contributed by atoms with Crippen LogP contribution in [0.25, 0.3) is 22.4 Å². The molecule has 0 aliphatic carbocycles. The van der Waals surface area contributed by atoms with Gasteiger partial charge in [-0.1, -0.05) is 12.1 Å². The standard InChI is InChI=1S/C19H16N2O4/c1-21-17(13-7-9-20-10-8-13)15(11-16(18(21)22)19(23)24)12-3-5-14(25-2)6-4-12/h3-11H,1-2H3,(H,23,24). The molecule has 0 aliphatic heterocycles. The highest BCUT2D eigenvalue weighted by molar-refractivity contribution is 5.92. The van der Waals surface area contributed by atoms with Gasteiger partial charge in [0, 0.05) is 30.6 Å². The number of carboxylic acids is 1. The van der Waals surface area contributed by atoms with E-state index in [1.807, 2.05) is 12.1 Å². The first-order chi connectivity index (χ1) is 12.0. The number of aromatic carboxylic acids is 1. The fraction of sp³-hybridized carbons (Fsp3) is 0.105. The van der Waals surface area contributed by atoms with Crippen LogP contribution in [0, 0.1) is 0 Å². The van der Waals surface area contributed by atoms with Crippen molar-refractivity contribution in [2.24, 2.45) is 7.05 Å². The molecule has 0 spiro atoms. The second-order valence-corrected chi connectivity index (χ2v) is 5.45. The van der Waals surface area contributed by atoms with E-state index in [0.29, 0.717) is 17.0 Å². The summed E-state index contributed by atoms with van der Waals surface area (Å²) in [6.07, 6.45) is 3.26. The lowest BCUT2D eigenvalue weighted by Crippen LogP contribution is -2.26. The van der Waals surface area contributed by atoms with E-state index in [0.717, 1.165) is 11.1 Å². The third kappa shape index (κ3) is 3.01. The summed E-state index contributed by atoms with van der Waals surface area (Å²) in [7, 11) is 3.14. The van der Waals surface area contributed by atoms with Crippen molar-refractivity contribution in [2.75, 3.05) is 7.11 Å². The molecule has 0 atom stereocenters. The quantitative estimate of drug-likeness (QED) is 0.792. The maximum atomic E-state index is 12.4. The molecule has 25 heavy (non-hydrogen) atoms.